The molecular formula is C11H8ClF. The van der Waals surface area contributed by atoms with E-state index in [1.54, 1.807) is 12.1 Å². The Kier molecular flexibility index (Phi) is 1.82. The molecule has 1 saturated carbocycles. The van der Waals surface area contributed by atoms with E-state index in [1.165, 1.54) is 6.07 Å². The van der Waals surface area contributed by atoms with Gasteiger partial charge in [0.2, 0.25) is 0 Å². The Morgan fingerprint density at radius 1 is 1.46 bits per heavy atom. The molecule has 0 radical (unpaired) electrons. The van der Waals surface area contributed by atoms with Gasteiger partial charge in [0, 0.05) is 0 Å². The summed E-state index contributed by atoms with van der Waals surface area (Å²) in [5, 5.41) is 0.152. The van der Waals surface area contributed by atoms with Gasteiger partial charge in [0.25, 0.3) is 0 Å². The number of rotatable bonds is 1. The van der Waals surface area contributed by atoms with Crippen LogP contribution in [0.3, 0.4) is 0 Å². The van der Waals surface area contributed by atoms with Crippen molar-refractivity contribution in [3.05, 3.63) is 34.6 Å². The molecule has 2 rings (SSSR count). The molecule has 0 spiro atoms. The van der Waals surface area contributed by atoms with Crippen molar-refractivity contribution in [2.75, 3.05) is 0 Å². The van der Waals surface area contributed by atoms with Crippen molar-refractivity contribution in [1.82, 2.24) is 0 Å². The first kappa shape index (κ1) is 8.59. The van der Waals surface area contributed by atoms with E-state index in [9.17, 15) is 4.39 Å². The lowest BCUT2D eigenvalue weighted by Crippen LogP contribution is -2.02. The highest BCUT2D eigenvalue weighted by atomic mass is 35.5. The van der Waals surface area contributed by atoms with E-state index in [0.717, 1.165) is 18.4 Å². The van der Waals surface area contributed by atoms with Crippen LogP contribution in [0.15, 0.2) is 18.2 Å². The lowest BCUT2D eigenvalue weighted by molar-refractivity contribution is 0.627. The molecule has 1 fully saturated rings. The minimum absolute atomic E-state index is 0.152. The molecule has 1 aliphatic rings. The molecule has 0 N–H and O–H groups in total. The van der Waals surface area contributed by atoms with Gasteiger partial charge in [0.1, 0.15) is 5.82 Å². The topological polar surface area (TPSA) is 0 Å². The summed E-state index contributed by atoms with van der Waals surface area (Å²) in [4.78, 5) is 0. The predicted molar refractivity (Wildman–Crippen MR) is 51.2 cm³/mol. The molecule has 0 saturated heterocycles. The summed E-state index contributed by atoms with van der Waals surface area (Å²) >= 11 is 5.66. The smallest absolute Gasteiger partial charge is 0.141 e. The lowest BCUT2D eigenvalue weighted by Gasteiger charge is -2.07. The zero-order valence-corrected chi connectivity index (χ0v) is 7.74. The van der Waals surface area contributed by atoms with Gasteiger partial charge in [0.15, 0.2) is 0 Å². The average molecular weight is 195 g/mol. The number of halogens is 2. The van der Waals surface area contributed by atoms with Gasteiger partial charge in [-0.3, -0.25) is 0 Å². The quantitative estimate of drug-likeness (QED) is 0.603. The standard InChI is InChI=1S/C11H8ClF/c1-2-11(5-6-11)8-3-4-10(13)9(12)7-8/h1,3-4,7H,5-6H2. The van der Waals surface area contributed by atoms with E-state index in [0.29, 0.717) is 0 Å². The van der Waals surface area contributed by atoms with E-state index in [1.807, 2.05) is 0 Å². The molecule has 0 aromatic heterocycles. The van der Waals surface area contributed by atoms with Gasteiger partial charge in [-0.2, -0.15) is 0 Å². The maximum absolute atomic E-state index is 12.8. The van der Waals surface area contributed by atoms with Gasteiger partial charge >= 0.3 is 0 Å². The molecule has 1 aromatic carbocycles. The van der Waals surface area contributed by atoms with Crippen LogP contribution in [-0.4, -0.2) is 0 Å². The van der Waals surface area contributed by atoms with Crippen molar-refractivity contribution in [1.29, 1.82) is 0 Å². The van der Waals surface area contributed by atoms with E-state index in [4.69, 9.17) is 18.0 Å². The van der Waals surface area contributed by atoms with Gasteiger partial charge in [-0.25, -0.2) is 4.39 Å². The zero-order valence-electron chi connectivity index (χ0n) is 6.98. The predicted octanol–water partition coefficient (Wildman–Crippen LogP) is 3.14. The van der Waals surface area contributed by atoms with Crippen molar-refractivity contribution >= 4 is 11.6 Å². The summed E-state index contributed by atoms with van der Waals surface area (Å²) in [6.07, 6.45) is 7.36. The molecule has 66 valence electrons. The second-order valence-electron chi connectivity index (χ2n) is 3.36. The highest BCUT2D eigenvalue weighted by Gasteiger charge is 2.42. The van der Waals surface area contributed by atoms with Crippen molar-refractivity contribution in [2.24, 2.45) is 0 Å². The molecule has 0 bridgehead atoms. The largest absolute Gasteiger partial charge is 0.205 e. The van der Waals surface area contributed by atoms with Crippen LogP contribution in [0.2, 0.25) is 5.02 Å². The van der Waals surface area contributed by atoms with Crippen molar-refractivity contribution in [2.45, 2.75) is 18.3 Å². The molecule has 1 aliphatic carbocycles. The van der Waals surface area contributed by atoms with Gasteiger partial charge in [0.05, 0.1) is 10.4 Å². The lowest BCUT2D eigenvalue weighted by atomic mass is 9.97. The molecule has 0 amide bonds. The number of hydrogen-bond acceptors (Lipinski definition) is 0. The maximum atomic E-state index is 12.8. The Morgan fingerprint density at radius 3 is 2.62 bits per heavy atom. The Labute approximate surface area is 81.7 Å². The zero-order chi connectivity index (χ0) is 9.47. The summed E-state index contributed by atoms with van der Waals surface area (Å²) in [6.45, 7) is 0. The van der Waals surface area contributed by atoms with E-state index >= 15 is 0 Å². The molecule has 0 nitrogen and oxygen atoms in total. The fourth-order valence-corrected chi connectivity index (χ4v) is 1.62. The summed E-state index contributed by atoms with van der Waals surface area (Å²) in [6, 6.07) is 4.72. The number of benzene rings is 1. The molecule has 0 aliphatic heterocycles. The maximum Gasteiger partial charge on any atom is 0.141 e. The Balaban J connectivity index is 2.44. The minimum atomic E-state index is -0.391. The van der Waals surface area contributed by atoms with Crippen molar-refractivity contribution in [3.8, 4) is 12.3 Å². The van der Waals surface area contributed by atoms with Crippen LogP contribution in [0.25, 0.3) is 0 Å². The van der Waals surface area contributed by atoms with E-state index < -0.39 is 5.82 Å². The first-order valence-electron chi connectivity index (χ1n) is 4.11. The fraction of sp³-hybridized carbons (Fsp3) is 0.273. The van der Waals surface area contributed by atoms with E-state index in [2.05, 4.69) is 5.92 Å². The van der Waals surface area contributed by atoms with Crippen LogP contribution in [-0.2, 0) is 5.41 Å². The third kappa shape index (κ3) is 1.32. The Bertz CT molecular complexity index is 386. The number of hydrogen-bond donors (Lipinski definition) is 0. The highest BCUT2D eigenvalue weighted by molar-refractivity contribution is 6.30. The van der Waals surface area contributed by atoms with Crippen LogP contribution in [0.4, 0.5) is 4.39 Å². The van der Waals surface area contributed by atoms with Crippen LogP contribution < -0.4 is 0 Å². The Morgan fingerprint density at radius 2 is 2.15 bits per heavy atom. The number of terminal acetylenes is 1. The SMILES string of the molecule is C#CC1(c2ccc(F)c(Cl)c2)CC1. The molecule has 1 aromatic rings. The van der Waals surface area contributed by atoms with Crippen molar-refractivity contribution < 1.29 is 4.39 Å². The van der Waals surface area contributed by atoms with Crippen LogP contribution in [0, 0.1) is 18.2 Å². The van der Waals surface area contributed by atoms with Gasteiger partial charge in [-0.15, -0.1) is 6.42 Å². The third-order valence-corrected chi connectivity index (χ3v) is 2.79. The normalized spacial score (nSPS) is 17.9. The molecule has 13 heavy (non-hydrogen) atoms. The first-order valence-corrected chi connectivity index (χ1v) is 4.49. The fourth-order valence-electron chi connectivity index (χ4n) is 1.44. The molecule has 0 atom stereocenters. The second kappa shape index (κ2) is 2.75. The molecule has 2 heteroatoms. The van der Waals surface area contributed by atoms with Crippen LogP contribution >= 0.6 is 11.6 Å². The van der Waals surface area contributed by atoms with Crippen molar-refractivity contribution in [3.63, 3.8) is 0 Å². The molecular weight excluding hydrogens is 187 g/mol. The van der Waals surface area contributed by atoms with Gasteiger partial charge in [-0.05, 0) is 30.5 Å². The molecule has 0 heterocycles. The Hall–Kier alpha value is -1.00. The summed E-state index contributed by atoms with van der Waals surface area (Å²) in [7, 11) is 0. The highest BCUT2D eigenvalue weighted by Crippen LogP contribution is 2.48. The average Bonchev–Trinajstić information content (AvgIpc) is 2.90. The summed E-state index contributed by atoms with van der Waals surface area (Å²) in [5.74, 6) is 2.34. The first-order chi connectivity index (χ1) is 6.18. The summed E-state index contributed by atoms with van der Waals surface area (Å²) in [5.41, 5.74) is 0.804. The van der Waals surface area contributed by atoms with Gasteiger partial charge in [-0.1, -0.05) is 23.6 Å². The summed E-state index contributed by atoms with van der Waals surface area (Å²) < 4.78 is 12.8. The van der Waals surface area contributed by atoms with Crippen LogP contribution in [0.1, 0.15) is 18.4 Å². The van der Waals surface area contributed by atoms with Gasteiger partial charge < -0.3 is 0 Å². The minimum Gasteiger partial charge on any atom is -0.205 e. The third-order valence-electron chi connectivity index (χ3n) is 2.50. The van der Waals surface area contributed by atoms with E-state index in [-0.39, 0.29) is 10.4 Å². The monoisotopic (exact) mass is 194 g/mol. The molecule has 0 unspecified atom stereocenters. The second-order valence-corrected chi connectivity index (χ2v) is 3.76. The van der Waals surface area contributed by atoms with Crippen LogP contribution in [0.5, 0.6) is 0 Å².